The minimum absolute atomic E-state index is 0.198. The predicted molar refractivity (Wildman–Crippen MR) is 75.3 cm³/mol. The third-order valence-corrected chi connectivity index (χ3v) is 3.63. The molecular weight excluding hydrogens is 300 g/mol. The first kappa shape index (κ1) is 14.9. The van der Waals surface area contributed by atoms with E-state index in [0.717, 1.165) is 7.11 Å². The average Bonchev–Trinajstić information content (AvgIpc) is 2.85. The lowest BCUT2D eigenvalue weighted by Gasteiger charge is -2.15. The molecule has 2 rings (SSSR count). The molecular formula is C11H14N4O5S. The molecule has 1 heterocycles. The molecule has 0 aromatic heterocycles. The molecule has 3 N–H and O–H groups in total. The Morgan fingerprint density at radius 1 is 1.33 bits per heavy atom. The third-order valence-electron chi connectivity index (χ3n) is 2.69. The number of benzene rings is 1. The van der Waals surface area contributed by atoms with E-state index in [1.807, 2.05) is 0 Å². The van der Waals surface area contributed by atoms with Crippen LogP contribution in [0.15, 0.2) is 24.3 Å². The van der Waals surface area contributed by atoms with Gasteiger partial charge in [0, 0.05) is 18.8 Å². The SMILES string of the molecule is COC(=O)NS(=O)(=O)Nc1ccc(N2CCNC2=O)cc1. The van der Waals surface area contributed by atoms with E-state index in [4.69, 9.17) is 0 Å². The highest BCUT2D eigenvalue weighted by Gasteiger charge is 2.21. The topological polar surface area (TPSA) is 117 Å². The van der Waals surface area contributed by atoms with Gasteiger partial charge in [0.1, 0.15) is 0 Å². The number of amides is 3. The smallest absolute Gasteiger partial charge is 0.422 e. The Kier molecular flexibility index (Phi) is 4.17. The van der Waals surface area contributed by atoms with Gasteiger partial charge in [-0.2, -0.15) is 8.42 Å². The zero-order chi connectivity index (χ0) is 15.5. The zero-order valence-electron chi connectivity index (χ0n) is 11.1. The maximum atomic E-state index is 11.6. The predicted octanol–water partition coefficient (Wildman–Crippen LogP) is 0.229. The van der Waals surface area contributed by atoms with Gasteiger partial charge in [-0.15, -0.1) is 0 Å². The molecule has 10 heteroatoms. The van der Waals surface area contributed by atoms with Gasteiger partial charge in [-0.3, -0.25) is 9.62 Å². The van der Waals surface area contributed by atoms with E-state index >= 15 is 0 Å². The Labute approximate surface area is 121 Å². The summed E-state index contributed by atoms with van der Waals surface area (Å²) in [6.07, 6.45) is -1.09. The third kappa shape index (κ3) is 3.75. The van der Waals surface area contributed by atoms with Crippen LogP contribution in [0.5, 0.6) is 0 Å². The average molecular weight is 314 g/mol. The molecule has 0 unspecified atom stereocenters. The number of hydrogen-bond donors (Lipinski definition) is 3. The Bertz CT molecular complexity index is 643. The molecule has 0 saturated carbocycles. The molecule has 1 aromatic rings. The summed E-state index contributed by atoms with van der Waals surface area (Å²) in [4.78, 5) is 23.9. The van der Waals surface area contributed by atoms with Gasteiger partial charge in [0.05, 0.1) is 12.8 Å². The Morgan fingerprint density at radius 2 is 2.00 bits per heavy atom. The number of nitrogens with zero attached hydrogens (tertiary/aromatic N) is 1. The van der Waals surface area contributed by atoms with Crippen molar-refractivity contribution in [2.75, 3.05) is 29.8 Å². The summed E-state index contributed by atoms with van der Waals surface area (Å²) in [7, 11) is -3.00. The first-order valence-electron chi connectivity index (χ1n) is 5.95. The molecule has 114 valence electrons. The number of hydrogen-bond acceptors (Lipinski definition) is 5. The number of anilines is 2. The fraction of sp³-hybridized carbons (Fsp3) is 0.273. The van der Waals surface area contributed by atoms with Crippen molar-refractivity contribution in [3.05, 3.63) is 24.3 Å². The number of rotatable bonds is 4. The van der Waals surface area contributed by atoms with Crippen LogP contribution in [0, 0.1) is 0 Å². The molecule has 0 aliphatic carbocycles. The molecule has 1 saturated heterocycles. The van der Waals surface area contributed by atoms with Crippen molar-refractivity contribution >= 4 is 33.7 Å². The molecule has 3 amide bonds. The van der Waals surface area contributed by atoms with Crippen molar-refractivity contribution < 1.29 is 22.7 Å². The summed E-state index contributed by atoms with van der Waals surface area (Å²) >= 11 is 0. The lowest BCUT2D eigenvalue weighted by molar-refractivity contribution is 0.177. The number of urea groups is 1. The van der Waals surface area contributed by atoms with Crippen molar-refractivity contribution in [2.24, 2.45) is 0 Å². The molecule has 1 aliphatic heterocycles. The summed E-state index contributed by atoms with van der Waals surface area (Å²) in [5.74, 6) is 0. The molecule has 1 aliphatic rings. The number of ether oxygens (including phenoxy) is 1. The quantitative estimate of drug-likeness (QED) is 0.735. The number of carbonyl (C=O) groups excluding carboxylic acids is 2. The standard InChI is InChI=1S/C11H14N4O5S/c1-20-11(17)14-21(18,19)13-8-2-4-9(5-3-8)15-7-6-12-10(15)16/h2-5,13H,6-7H2,1H3,(H,12,16)(H,14,17). The van der Waals surface area contributed by atoms with Gasteiger partial charge >= 0.3 is 22.3 Å². The van der Waals surface area contributed by atoms with Crippen LogP contribution in [0.2, 0.25) is 0 Å². The van der Waals surface area contributed by atoms with Crippen molar-refractivity contribution in [3.8, 4) is 0 Å². The Balaban J connectivity index is 2.05. The normalized spacial score (nSPS) is 14.5. The number of methoxy groups -OCH3 is 1. The van der Waals surface area contributed by atoms with Crippen molar-refractivity contribution in [1.82, 2.24) is 10.0 Å². The molecule has 0 spiro atoms. The van der Waals surface area contributed by atoms with Crippen LogP contribution in [0.25, 0.3) is 0 Å². The first-order chi connectivity index (χ1) is 9.91. The fourth-order valence-corrected chi connectivity index (χ4v) is 2.56. The molecule has 0 atom stereocenters. The summed E-state index contributed by atoms with van der Waals surface area (Å²) in [5, 5.41) is 2.66. The van der Waals surface area contributed by atoms with Crippen LogP contribution in [0.1, 0.15) is 0 Å². The second kappa shape index (κ2) is 5.87. The van der Waals surface area contributed by atoms with Gasteiger partial charge in [0.15, 0.2) is 0 Å². The Morgan fingerprint density at radius 3 is 2.52 bits per heavy atom. The van der Waals surface area contributed by atoms with E-state index in [0.29, 0.717) is 18.8 Å². The van der Waals surface area contributed by atoms with Crippen molar-refractivity contribution in [3.63, 3.8) is 0 Å². The first-order valence-corrected chi connectivity index (χ1v) is 7.43. The minimum atomic E-state index is -4.06. The van der Waals surface area contributed by atoms with Gasteiger partial charge in [0.2, 0.25) is 0 Å². The minimum Gasteiger partial charge on any atom is -0.452 e. The van der Waals surface area contributed by atoms with E-state index in [1.165, 1.54) is 17.0 Å². The van der Waals surface area contributed by atoms with Crippen LogP contribution in [-0.4, -0.2) is 40.7 Å². The number of carbonyl (C=O) groups is 2. The van der Waals surface area contributed by atoms with E-state index in [-0.39, 0.29) is 11.7 Å². The van der Waals surface area contributed by atoms with Gasteiger partial charge < -0.3 is 10.1 Å². The lowest BCUT2D eigenvalue weighted by atomic mass is 10.2. The summed E-state index contributed by atoms with van der Waals surface area (Å²) in [6, 6.07) is 5.96. The van der Waals surface area contributed by atoms with Gasteiger partial charge in [-0.25, -0.2) is 14.3 Å². The molecule has 0 bridgehead atoms. The highest BCUT2D eigenvalue weighted by Crippen LogP contribution is 2.19. The molecule has 1 fully saturated rings. The molecule has 9 nitrogen and oxygen atoms in total. The van der Waals surface area contributed by atoms with Crippen LogP contribution in [-0.2, 0) is 14.9 Å². The van der Waals surface area contributed by atoms with Gasteiger partial charge in [-0.1, -0.05) is 0 Å². The maximum Gasteiger partial charge on any atom is 0.422 e. The summed E-state index contributed by atoms with van der Waals surface area (Å²) in [5.41, 5.74) is 0.892. The van der Waals surface area contributed by atoms with Crippen LogP contribution in [0.4, 0.5) is 21.0 Å². The van der Waals surface area contributed by atoms with Gasteiger partial charge in [0.25, 0.3) is 0 Å². The van der Waals surface area contributed by atoms with Crippen LogP contribution in [0.3, 0.4) is 0 Å². The lowest BCUT2D eigenvalue weighted by Crippen LogP contribution is -2.35. The molecule has 0 radical (unpaired) electrons. The van der Waals surface area contributed by atoms with E-state index in [9.17, 15) is 18.0 Å². The fourth-order valence-electron chi connectivity index (χ4n) is 1.76. The van der Waals surface area contributed by atoms with E-state index < -0.39 is 16.3 Å². The van der Waals surface area contributed by atoms with Gasteiger partial charge in [-0.05, 0) is 24.3 Å². The van der Waals surface area contributed by atoms with Crippen molar-refractivity contribution in [2.45, 2.75) is 0 Å². The summed E-state index contributed by atoms with van der Waals surface area (Å²) in [6.45, 7) is 1.12. The summed E-state index contributed by atoms with van der Waals surface area (Å²) < 4.78 is 31.1. The van der Waals surface area contributed by atoms with Crippen LogP contribution >= 0.6 is 0 Å². The largest absolute Gasteiger partial charge is 0.452 e. The Hall–Kier alpha value is -2.49. The molecule has 21 heavy (non-hydrogen) atoms. The van der Waals surface area contributed by atoms with Crippen LogP contribution < -0.4 is 19.7 Å². The number of nitrogens with one attached hydrogen (secondary N) is 3. The second-order valence-electron chi connectivity index (χ2n) is 4.13. The maximum absolute atomic E-state index is 11.6. The van der Waals surface area contributed by atoms with E-state index in [1.54, 1.807) is 16.9 Å². The van der Waals surface area contributed by atoms with E-state index in [2.05, 4.69) is 14.8 Å². The monoisotopic (exact) mass is 314 g/mol. The zero-order valence-corrected chi connectivity index (χ0v) is 11.9. The van der Waals surface area contributed by atoms with Crippen molar-refractivity contribution in [1.29, 1.82) is 0 Å². The highest BCUT2D eigenvalue weighted by molar-refractivity contribution is 7.91. The second-order valence-corrected chi connectivity index (χ2v) is 5.54. The highest BCUT2D eigenvalue weighted by atomic mass is 32.2. The molecule has 1 aromatic carbocycles.